The van der Waals surface area contributed by atoms with Gasteiger partial charge in [0.05, 0.1) is 28.8 Å². The predicted molar refractivity (Wildman–Crippen MR) is 96.5 cm³/mol. The molecule has 0 bridgehead atoms. The van der Waals surface area contributed by atoms with Crippen molar-refractivity contribution in [1.82, 2.24) is 20.3 Å². The highest BCUT2D eigenvalue weighted by Gasteiger charge is 2.37. The third-order valence-electron chi connectivity index (χ3n) is 3.93. The largest absolute Gasteiger partial charge is 0.418 e. The first-order valence-electron chi connectivity index (χ1n) is 8.39. The molecule has 1 atom stereocenters. The Morgan fingerprint density at radius 1 is 1.03 bits per heavy atom. The minimum atomic E-state index is -4.68. The average molecular weight is 405 g/mol. The molecule has 3 rings (SSSR count). The second-order valence-electron chi connectivity index (χ2n) is 5.92. The highest BCUT2D eigenvalue weighted by atomic mass is 19.4. The van der Waals surface area contributed by atoms with Crippen LogP contribution in [0.5, 0.6) is 0 Å². The Balaban J connectivity index is 1.97. The Morgan fingerprint density at radius 3 is 2.45 bits per heavy atom. The molecular formula is C19H15F4N5O. The number of anilines is 1. The zero-order chi connectivity index (χ0) is 20.9. The van der Waals surface area contributed by atoms with Crippen molar-refractivity contribution in [3.63, 3.8) is 0 Å². The van der Waals surface area contributed by atoms with Crippen molar-refractivity contribution in [2.45, 2.75) is 18.9 Å². The maximum Gasteiger partial charge on any atom is 0.418 e. The van der Waals surface area contributed by atoms with Crippen LogP contribution in [0.1, 0.15) is 28.6 Å². The first kappa shape index (κ1) is 20.2. The number of rotatable bonds is 5. The SMILES string of the molecule is O=C(Nc1cccnc1)NC(c1ccc(CF)nc1)c1ncccc1C(F)(F)F. The van der Waals surface area contributed by atoms with Crippen LogP contribution >= 0.6 is 0 Å². The van der Waals surface area contributed by atoms with Crippen LogP contribution in [-0.2, 0) is 12.9 Å². The van der Waals surface area contributed by atoms with Crippen LogP contribution in [0.2, 0.25) is 0 Å². The van der Waals surface area contributed by atoms with Gasteiger partial charge in [-0.15, -0.1) is 0 Å². The lowest BCUT2D eigenvalue weighted by Crippen LogP contribution is -2.35. The molecule has 1 unspecified atom stereocenters. The van der Waals surface area contributed by atoms with Crippen LogP contribution in [0.15, 0.2) is 61.2 Å². The molecule has 0 saturated carbocycles. The van der Waals surface area contributed by atoms with E-state index in [2.05, 4.69) is 25.6 Å². The molecular weight excluding hydrogens is 390 g/mol. The normalized spacial score (nSPS) is 12.3. The zero-order valence-electron chi connectivity index (χ0n) is 14.8. The van der Waals surface area contributed by atoms with E-state index in [9.17, 15) is 22.4 Å². The lowest BCUT2D eigenvalue weighted by molar-refractivity contribution is -0.138. The summed E-state index contributed by atoms with van der Waals surface area (Å²) in [6, 6.07) is 5.88. The fourth-order valence-corrected chi connectivity index (χ4v) is 2.62. The molecule has 6 nitrogen and oxygen atoms in total. The number of aromatic nitrogens is 3. The van der Waals surface area contributed by atoms with Gasteiger partial charge in [0.15, 0.2) is 0 Å². The van der Waals surface area contributed by atoms with Gasteiger partial charge in [-0.3, -0.25) is 15.0 Å². The first-order valence-corrected chi connectivity index (χ1v) is 8.39. The number of pyridine rings is 3. The average Bonchev–Trinajstić information content (AvgIpc) is 2.72. The van der Waals surface area contributed by atoms with Gasteiger partial charge in [-0.1, -0.05) is 6.07 Å². The number of nitrogens with zero attached hydrogens (tertiary/aromatic N) is 3. The zero-order valence-corrected chi connectivity index (χ0v) is 14.8. The number of hydrogen-bond acceptors (Lipinski definition) is 4. The van der Waals surface area contributed by atoms with Gasteiger partial charge >= 0.3 is 12.2 Å². The molecule has 0 aromatic carbocycles. The molecule has 2 amide bonds. The van der Waals surface area contributed by atoms with E-state index in [-0.39, 0.29) is 11.3 Å². The van der Waals surface area contributed by atoms with E-state index < -0.39 is 36.2 Å². The Kier molecular flexibility index (Phi) is 6.01. The molecule has 10 heteroatoms. The summed E-state index contributed by atoms with van der Waals surface area (Å²) in [6.45, 7) is -0.822. The van der Waals surface area contributed by atoms with Gasteiger partial charge < -0.3 is 10.6 Å². The first-order chi connectivity index (χ1) is 13.9. The molecule has 0 aliphatic carbocycles. The van der Waals surface area contributed by atoms with Crippen molar-refractivity contribution in [2.75, 3.05) is 5.32 Å². The quantitative estimate of drug-likeness (QED) is 0.622. The third-order valence-corrected chi connectivity index (χ3v) is 3.93. The summed E-state index contributed by atoms with van der Waals surface area (Å²) in [5, 5.41) is 4.96. The van der Waals surface area contributed by atoms with Gasteiger partial charge in [0.1, 0.15) is 12.7 Å². The highest BCUT2D eigenvalue weighted by molar-refractivity contribution is 5.89. The van der Waals surface area contributed by atoms with Crippen LogP contribution in [0, 0.1) is 0 Å². The number of urea groups is 1. The van der Waals surface area contributed by atoms with E-state index in [0.717, 1.165) is 12.1 Å². The molecule has 0 fully saturated rings. The summed E-state index contributed by atoms with van der Waals surface area (Å²) in [6.07, 6.45) is 0.609. The molecule has 3 heterocycles. The lowest BCUT2D eigenvalue weighted by Gasteiger charge is -2.22. The number of halogens is 4. The van der Waals surface area contributed by atoms with Crippen molar-refractivity contribution in [3.8, 4) is 0 Å². The van der Waals surface area contributed by atoms with Gasteiger partial charge in [0.2, 0.25) is 0 Å². The maximum atomic E-state index is 13.5. The minimum Gasteiger partial charge on any atom is -0.325 e. The van der Waals surface area contributed by atoms with Crippen LogP contribution in [0.3, 0.4) is 0 Å². The number of carbonyl (C=O) groups excluding carboxylic acids is 1. The van der Waals surface area contributed by atoms with Gasteiger partial charge in [-0.05, 0) is 35.9 Å². The summed E-state index contributed by atoms with van der Waals surface area (Å²) in [4.78, 5) is 24.0. The third kappa shape index (κ3) is 5.03. The Morgan fingerprint density at radius 2 is 1.83 bits per heavy atom. The van der Waals surface area contributed by atoms with E-state index in [1.54, 1.807) is 12.1 Å². The van der Waals surface area contributed by atoms with Crippen molar-refractivity contribution in [3.05, 3.63) is 83.7 Å². The Hall–Kier alpha value is -3.56. The Bertz CT molecular complexity index is 964. The monoisotopic (exact) mass is 405 g/mol. The summed E-state index contributed by atoms with van der Waals surface area (Å²) < 4.78 is 53.2. The minimum absolute atomic E-state index is 0.115. The molecule has 150 valence electrons. The van der Waals surface area contributed by atoms with E-state index in [1.807, 2.05) is 0 Å². The molecule has 0 radical (unpaired) electrons. The second-order valence-corrected chi connectivity index (χ2v) is 5.92. The fourth-order valence-electron chi connectivity index (χ4n) is 2.62. The number of hydrogen-bond donors (Lipinski definition) is 2. The van der Waals surface area contributed by atoms with Gasteiger partial charge in [0, 0.05) is 18.6 Å². The van der Waals surface area contributed by atoms with E-state index >= 15 is 0 Å². The van der Waals surface area contributed by atoms with Crippen LogP contribution in [-0.4, -0.2) is 21.0 Å². The molecule has 0 saturated heterocycles. The number of alkyl halides is 4. The summed E-state index contributed by atoms with van der Waals surface area (Å²) in [7, 11) is 0. The maximum absolute atomic E-state index is 13.5. The van der Waals surface area contributed by atoms with Crippen LogP contribution in [0.25, 0.3) is 0 Å². The van der Waals surface area contributed by atoms with Gasteiger partial charge in [0.25, 0.3) is 0 Å². The van der Waals surface area contributed by atoms with Crippen LogP contribution in [0.4, 0.5) is 28.0 Å². The fraction of sp³-hybridized carbons (Fsp3) is 0.158. The van der Waals surface area contributed by atoms with E-state index in [0.29, 0.717) is 5.69 Å². The second kappa shape index (κ2) is 8.63. The number of nitrogens with one attached hydrogen (secondary N) is 2. The smallest absolute Gasteiger partial charge is 0.325 e. The van der Waals surface area contributed by atoms with Crippen molar-refractivity contribution in [1.29, 1.82) is 0 Å². The molecule has 0 aliphatic rings. The highest BCUT2D eigenvalue weighted by Crippen LogP contribution is 2.35. The molecule has 0 spiro atoms. The molecule has 2 N–H and O–H groups in total. The number of amides is 2. The van der Waals surface area contributed by atoms with Gasteiger partial charge in [-0.25, -0.2) is 9.18 Å². The molecule has 3 aromatic heterocycles. The van der Waals surface area contributed by atoms with E-state index in [1.165, 1.54) is 36.9 Å². The van der Waals surface area contributed by atoms with Crippen LogP contribution < -0.4 is 10.6 Å². The predicted octanol–water partition coefficient (Wildman–Crippen LogP) is 4.27. The molecule has 0 aliphatic heterocycles. The molecule has 29 heavy (non-hydrogen) atoms. The van der Waals surface area contributed by atoms with Crippen molar-refractivity contribution < 1.29 is 22.4 Å². The summed E-state index contributed by atoms with van der Waals surface area (Å²) >= 11 is 0. The molecule has 3 aromatic rings. The van der Waals surface area contributed by atoms with Crippen molar-refractivity contribution in [2.24, 2.45) is 0 Å². The topological polar surface area (TPSA) is 79.8 Å². The van der Waals surface area contributed by atoms with Gasteiger partial charge in [-0.2, -0.15) is 13.2 Å². The lowest BCUT2D eigenvalue weighted by atomic mass is 10.00. The number of carbonyl (C=O) groups is 1. The summed E-state index contributed by atoms with van der Waals surface area (Å²) in [5.74, 6) is 0. The standard InChI is InChI=1S/C19H15F4N5O/c20-9-13-6-5-12(10-26-13)16(17-15(19(21,22)23)4-2-8-25-17)28-18(29)27-14-3-1-7-24-11-14/h1-8,10-11,16H,9H2,(H2,27,28,29). The van der Waals surface area contributed by atoms with Crippen molar-refractivity contribution >= 4 is 11.7 Å². The van der Waals surface area contributed by atoms with E-state index in [4.69, 9.17) is 0 Å². The summed E-state index contributed by atoms with van der Waals surface area (Å²) in [5.41, 5.74) is -0.721. The Labute approximate surface area is 163 Å².